The Kier molecular flexibility index (Phi) is 3.81. The lowest BCUT2D eigenvalue weighted by atomic mass is 10.3. The van der Waals surface area contributed by atoms with Crippen LogP contribution in [-0.2, 0) is 6.54 Å². The molecule has 17 heavy (non-hydrogen) atoms. The highest BCUT2D eigenvalue weighted by Gasteiger charge is 2.07. The quantitative estimate of drug-likeness (QED) is 0.926. The van der Waals surface area contributed by atoms with Gasteiger partial charge in [-0.05, 0) is 19.1 Å². The first-order valence-electron chi connectivity index (χ1n) is 5.04. The SMILES string of the molecule is COc1ncnc(NCc2ccc(Cl)s2)c1C. The van der Waals surface area contributed by atoms with Crippen molar-refractivity contribution in [2.45, 2.75) is 13.5 Å². The maximum atomic E-state index is 5.87. The molecule has 0 aliphatic carbocycles. The molecule has 0 bridgehead atoms. The Morgan fingerprint density at radius 3 is 2.88 bits per heavy atom. The van der Waals surface area contributed by atoms with Crippen molar-refractivity contribution in [1.29, 1.82) is 0 Å². The Bertz CT molecular complexity index is 515. The average Bonchev–Trinajstić information content (AvgIpc) is 2.74. The van der Waals surface area contributed by atoms with Crippen molar-refractivity contribution in [1.82, 2.24) is 9.97 Å². The molecule has 0 aromatic carbocycles. The van der Waals surface area contributed by atoms with Gasteiger partial charge in [-0.2, -0.15) is 0 Å². The number of methoxy groups -OCH3 is 1. The highest BCUT2D eigenvalue weighted by molar-refractivity contribution is 7.16. The Hall–Kier alpha value is -1.33. The molecule has 0 spiro atoms. The Balaban J connectivity index is 2.09. The van der Waals surface area contributed by atoms with Crippen LogP contribution in [0.3, 0.4) is 0 Å². The van der Waals surface area contributed by atoms with Crippen LogP contribution in [0, 0.1) is 6.92 Å². The lowest BCUT2D eigenvalue weighted by Gasteiger charge is -2.09. The van der Waals surface area contributed by atoms with E-state index in [0.717, 1.165) is 20.6 Å². The molecule has 0 atom stereocenters. The van der Waals surface area contributed by atoms with Crippen molar-refractivity contribution in [3.05, 3.63) is 33.2 Å². The minimum atomic E-state index is 0.590. The summed E-state index contributed by atoms with van der Waals surface area (Å²) in [5.74, 6) is 1.37. The number of halogens is 1. The number of nitrogens with zero attached hydrogens (tertiary/aromatic N) is 2. The highest BCUT2D eigenvalue weighted by atomic mass is 35.5. The topological polar surface area (TPSA) is 47.0 Å². The molecule has 0 aliphatic heterocycles. The fourth-order valence-corrected chi connectivity index (χ4v) is 2.46. The van der Waals surface area contributed by atoms with Gasteiger partial charge in [0.15, 0.2) is 0 Å². The van der Waals surface area contributed by atoms with E-state index in [1.807, 2.05) is 19.1 Å². The molecule has 0 unspecified atom stereocenters. The lowest BCUT2D eigenvalue weighted by molar-refractivity contribution is 0.393. The Morgan fingerprint density at radius 1 is 1.41 bits per heavy atom. The highest BCUT2D eigenvalue weighted by Crippen LogP contribution is 2.24. The zero-order valence-corrected chi connectivity index (χ0v) is 11.1. The minimum Gasteiger partial charge on any atom is -0.481 e. The van der Waals surface area contributed by atoms with Gasteiger partial charge in [0.1, 0.15) is 12.1 Å². The number of nitrogens with one attached hydrogen (secondary N) is 1. The van der Waals surface area contributed by atoms with Gasteiger partial charge in [-0.1, -0.05) is 11.6 Å². The van der Waals surface area contributed by atoms with Crippen LogP contribution in [0.25, 0.3) is 0 Å². The summed E-state index contributed by atoms with van der Waals surface area (Å²) in [6, 6.07) is 3.88. The first-order chi connectivity index (χ1) is 8.20. The van der Waals surface area contributed by atoms with Gasteiger partial charge < -0.3 is 10.1 Å². The maximum absolute atomic E-state index is 5.87. The molecule has 6 heteroatoms. The second kappa shape index (κ2) is 5.33. The van der Waals surface area contributed by atoms with Crippen molar-refractivity contribution in [2.75, 3.05) is 12.4 Å². The molecule has 0 saturated carbocycles. The molecule has 0 amide bonds. The number of ether oxygens (including phenoxy) is 1. The van der Waals surface area contributed by atoms with Crippen LogP contribution in [-0.4, -0.2) is 17.1 Å². The maximum Gasteiger partial charge on any atom is 0.221 e. The predicted molar refractivity (Wildman–Crippen MR) is 70.0 cm³/mol. The third kappa shape index (κ3) is 2.87. The first kappa shape index (κ1) is 12.1. The van der Waals surface area contributed by atoms with Gasteiger partial charge in [0, 0.05) is 4.88 Å². The van der Waals surface area contributed by atoms with Gasteiger partial charge in [-0.15, -0.1) is 11.3 Å². The van der Waals surface area contributed by atoms with Gasteiger partial charge in [-0.25, -0.2) is 9.97 Å². The molecular weight excluding hydrogens is 258 g/mol. The third-order valence-electron chi connectivity index (χ3n) is 2.29. The van der Waals surface area contributed by atoms with Gasteiger partial charge in [0.2, 0.25) is 5.88 Å². The molecule has 4 nitrogen and oxygen atoms in total. The third-order valence-corrected chi connectivity index (χ3v) is 3.52. The van der Waals surface area contributed by atoms with Crippen LogP contribution in [0.5, 0.6) is 5.88 Å². The smallest absolute Gasteiger partial charge is 0.221 e. The number of anilines is 1. The molecule has 0 fully saturated rings. The van der Waals surface area contributed by atoms with Gasteiger partial charge >= 0.3 is 0 Å². The summed E-state index contributed by atoms with van der Waals surface area (Å²) in [5, 5.41) is 3.24. The fraction of sp³-hybridized carbons (Fsp3) is 0.273. The summed E-state index contributed by atoms with van der Waals surface area (Å²) in [5.41, 5.74) is 0.901. The second-order valence-corrected chi connectivity index (χ2v) is 5.22. The monoisotopic (exact) mass is 269 g/mol. The van der Waals surface area contributed by atoms with Crippen LogP contribution in [0.2, 0.25) is 4.34 Å². The summed E-state index contributed by atoms with van der Waals surface area (Å²) in [4.78, 5) is 9.36. The number of hydrogen-bond acceptors (Lipinski definition) is 5. The number of rotatable bonds is 4. The van der Waals surface area contributed by atoms with Gasteiger partial charge in [0.05, 0.1) is 23.6 Å². The largest absolute Gasteiger partial charge is 0.481 e. The number of hydrogen-bond donors (Lipinski definition) is 1. The molecule has 2 rings (SSSR count). The van der Waals surface area contributed by atoms with Crippen LogP contribution in [0.1, 0.15) is 10.4 Å². The van der Waals surface area contributed by atoms with Crippen molar-refractivity contribution in [3.8, 4) is 5.88 Å². The van der Waals surface area contributed by atoms with Crippen molar-refractivity contribution in [3.63, 3.8) is 0 Å². The normalized spacial score (nSPS) is 10.3. The summed E-state index contributed by atoms with van der Waals surface area (Å²) >= 11 is 7.42. The van der Waals surface area contributed by atoms with Crippen LogP contribution in [0.15, 0.2) is 18.5 Å². The molecule has 2 aromatic rings. The van der Waals surface area contributed by atoms with Crippen molar-refractivity contribution in [2.24, 2.45) is 0 Å². The minimum absolute atomic E-state index is 0.590. The lowest BCUT2D eigenvalue weighted by Crippen LogP contribution is -2.04. The van der Waals surface area contributed by atoms with E-state index < -0.39 is 0 Å². The van der Waals surface area contributed by atoms with E-state index in [2.05, 4.69) is 15.3 Å². The van der Waals surface area contributed by atoms with Gasteiger partial charge in [0.25, 0.3) is 0 Å². The predicted octanol–water partition coefficient (Wildman–Crippen LogP) is 3.12. The molecule has 0 radical (unpaired) electrons. The molecule has 0 aliphatic rings. The standard InChI is InChI=1S/C11H12ClN3OS/c1-7-10(14-6-15-11(7)16-2)13-5-8-3-4-9(12)17-8/h3-4,6H,5H2,1-2H3,(H,13,14,15). The van der Waals surface area contributed by atoms with E-state index >= 15 is 0 Å². The van der Waals surface area contributed by atoms with Crippen LogP contribution < -0.4 is 10.1 Å². The van der Waals surface area contributed by atoms with E-state index in [1.54, 1.807) is 18.4 Å². The molecule has 1 N–H and O–H groups in total. The number of thiophene rings is 1. The summed E-state index contributed by atoms with van der Waals surface area (Å²) < 4.78 is 5.92. The van der Waals surface area contributed by atoms with Crippen molar-refractivity contribution >= 4 is 28.8 Å². The van der Waals surface area contributed by atoms with Crippen molar-refractivity contribution < 1.29 is 4.74 Å². The molecular formula is C11H12ClN3OS. The summed E-state index contributed by atoms with van der Waals surface area (Å²) in [6.07, 6.45) is 1.48. The van der Waals surface area contributed by atoms with E-state index in [-0.39, 0.29) is 0 Å². The van der Waals surface area contributed by atoms with Crippen LogP contribution in [0.4, 0.5) is 5.82 Å². The van der Waals surface area contributed by atoms with Gasteiger partial charge in [-0.3, -0.25) is 0 Å². The number of aromatic nitrogens is 2. The molecule has 2 heterocycles. The molecule has 2 aromatic heterocycles. The Morgan fingerprint density at radius 2 is 2.24 bits per heavy atom. The summed E-state index contributed by atoms with van der Waals surface area (Å²) in [6.45, 7) is 2.61. The average molecular weight is 270 g/mol. The summed E-state index contributed by atoms with van der Waals surface area (Å²) in [7, 11) is 1.60. The zero-order chi connectivity index (χ0) is 12.3. The van der Waals surface area contributed by atoms with E-state index in [0.29, 0.717) is 12.4 Å². The first-order valence-corrected chi connectivity index (χ1v) is 6.24. The fourth-order valence-electron chi connectivity index (χ4n) is 1.44. The van der Waals surface area contributed by atoms with E-state index in [1.165, 1.54) is 6.33 Å². The zero-order valence-electron chi connectivity index (χ0n) is 9.53. The van der Waals surface area contributed by atoms with E-state index in [9.17, 15) is 0 Å². The second-order valence-electron chi connectivity index (χ2n) is 3.42. The van der Waals surface area contributed by atoms with Crippen LogP contribution >= 0.6 is 22.9 Å². The molecule has 90 valence electrons. The van der Waals surface area contributed by atoms with E-state index in [4.69, 9.17) is 16.3 Å². The molecule has 0 saturated heterocycles. The Labute approximate surface area is 109 Å².